The van der Waals surface area contributed by atoms with Crippen molar-refractivity contribution in [1.29, 1.82) is 0 Å². The van der Waals surface area contributed by atoms with Crippen LogP contribution in [0.3, 0.4) is 0 Å². The number of hydrogen-bond donors (Lipinski definition) is 0. The summed E-state index contributed by atoms with van der Waals surface area (Å²) in [5.74, 6) is 3.14. The zero-order valence-electron chi connectivity index (χ0n) is 16.5. The minimum atomic E-state index is -0.0299. The van der Waals surface area contributed by atoms with Gasteiger partial charge in [-0.15, -0.1) is 0 Å². The molecule has 4 bridgehead atoms. The maximum absolute atomic E-state index is 13.0. The van der Waals surface area contributed by atoms with Gasteiger partial charge in [0.1, 0.15) is 6.10 Å². The number of carbonyl (C=O) groups is 1. The predicted octanol–water partition coefficient (Wildman–Crippen LogP) is 5.69. The second kappa shape index (κ2) is 6.48. The highest BCUT2D eigenvalue weighted by Gasteiger charge is 2.50. The molecule has 1 aromatic rings. The van der Waals surface area contributed by atoms with Gasteiger partial charge in [-0.25, -0.2) is 4.79 Å². The topological polar surface area (TPSA) is 29.5 Å². The van der Waals surface area contributed by atoms with Crippen LogP contribution in [-0.4, -0.2) is 30.2 Å². The van der Waals surface area contributed by atoms with Crippen molar-refractivity contribution in [3.05, 3.63) is 33.8 Å². The molecule has 0 radical (unpaired) electrons. The Morgan fingerprint density at radius 1 is 1.00 bits per heavy atom. The molecular formula is C24H30BrNO2. The Morgan fingerprint density at radius 3 is 2.36 bits per heavy atom. The Bertz CT molecular complexity index is 770. The zero-order chi connectivity index (χ0) is 18.9. The lowest BCUT2D eigenvalue weighted by Crippen LogP contribution is -2.52. The number of carbonyl (C=O) groups excluding carboxylic acids is 1. The van der Waals surface area contributed by atoms with E-state index >= 15 is 0 Å². The van der Waals surface area contributed by atoms with E-state index in [1.807, 2.05) is 4.90 Å². The van der Waals surface area contributed by atoms with Crippen LogP contribution in [0.15, 0.2) is 22.7 Å². The first kappa shape index (κ1) is 17.8. The van der Waals surface area contributed by atoms with Crippen LogP contribution in [0.1, 0.15) is 62.5 Å². The molecular weight excluding hydrogens is 414 g/mol. The van der Waals surface area contributed by atoms with Crippen molar-refractivity contribution in [3.8, 4) is 0 Å². The van der Waals surface area contributed by atoms with E-state index in [-0.39, 0.29) is 17.6 Å². The smallest absolute Gasteiger partial charge is 0.410 e. The third kappa shape index (κ3) is 2.69. The monoisotopic (exact) mass is 443 g/mol. The second-order valence-corrected chi connectivity index (χ2v) is 11.2. The third-order valence-electron chi connectivity index (χ3n) is 8.86. The number of piperidine rings is 1. The minimum Gasteiger partial charge on any atom is -0.446 e. The van der Waals surface area contributed by atoms with E-state index in [0.29, 0.717) is 11.8 Å². The Morgan fingerprint density at radius 2 is 1.68 bits per heavy atom. The fourth-order valence-electron chi connectivity index (χ4n) is 7.75. The molecule has 4 heteroatoms. The number of ether oxygens (including phenoxy) is 1. The maximum atomic E-state index is 13.0. The van der Waals surface area contributed by atoms with Gasteiger partial charge in [-0.1, -0.05) is 28.1 Å². The summed E-state index contributed by atoms with van der Waals surface area (Å²) in [4.78, 5) is 15.0. The van der Waals surface area contributed by atoms with E-state index in [2.05, 4.69) is 34.1 Å². The number of amides is 1. The van der Waals surface area contributed by atoms with Gasteiger partial charge >= 0.3 is 6.09 Å². The number of nitrogens with zero attached hydrogens (tertiary/aromatic N) is 1. The first-order valence-electron chi connectivity index (χ1n) is 11.3. The van der Waals surface area contributed by atoms with Crippen LogP contribution < -0.4 is 0 Å². The molecule has 0 aromatic heterocycles. The summed E-state index contributed by atoms with van der Waals surface area (Å²) >= 11 is 3.80. The summed E-state index contributed by atoms with van der Waals surface area (Å²) in [6, 6.07) is 6.61. The van der Waals surface area contributed by atoms with Crippen LogP contribution in [0.5, 0.6) is 0 Å². The summed E-state index contributed by atoms with van der Waals surface area (Å²) in [7, 11) is 0. The van der Waals surface area contributed by atoms with Gasteiger partial charge in [-0.05, 0) is 98.7 Å². The number of rotatable bonds is 1. The molecule has 5 aliphatic carbocycles. The Kier molecular flexibility index (Phi) is 4.12. The summed E-state index contributed by atoms with van der Waals surface area (Å²) in [6.45, 7) is 1.68. The molecule has 3 nitrogen and oxygen atoms in total. The molecule has 28 heavy (non-hydrogen) atoms. The third-order valence-corrected chi connectivity index (χ3v) is 9.52. The van der Waals surface area contributed by atoms with Gasteiger partial charge in [0.05, 0.1) is 0 Å². The summed E-state index contributed by atoms with van der Waals surface area (Å²) in [5, 5.41) is 0. The molecule has 5 fully saturated rings. The van der Waals surface area contributed by atoms with Crippen molar-refractivity contribution in [2.75, 3.05) is 13.1 Å². The van der Waals surface area contributed by atoms with Crippen molar-refractivity contribution < 1.29 is 9.53 Å². The van der Waals surface area contributed by atoms with E-state index in [4.69, 9.17) is 4.74 Å². The summed E-state index contributed by atoms with van der Waals surface area (Å²) < 4.78 is 7.45. The lowest BCUT2D eigenvalue weighted by atomic mass is 9.55. The quantitative estimate of drug-likeness (QED) is 0.557. The van der Waals surface area contributed by atoms with E-state index < -0.39 is 0 Å². The first-order chi connectivity index (χ1) is 13.6. The molecule has 7 rings (SSSR count). The second-order valence-electron chi connectivity index (χ2n) is 10.3. The van der Waals surface area contributed by atoms with Crippen LogP contribution in [0.25, 0.3) is 0 Å². The zero-order valence-corrected chi connectivity index (χ0v) is 18.1. The normalized spacial score (nSPS) is 37.3. The van der Waals surface area contributed by atoms with Crippen LogP contribution in [0.2, 0.25) is 0 Å². The molecule has 1 saturated heterocycles. The molecule has 1 spiro atoms. The summed E-state index contributed by atoms with van der Waals surface area (Å²) in [6.07, 6.45) is 11.4. The SMILES string of the molecule is O=C(OC1C2CC3CC(C2)CC1C3)N1CCC2(CCc3cccc(Br)c32)CC1. The fraction of sp³-hybridized carbons (Fsp3) is 0.708. The Hall–Kier alpha value is -1.03. The Labute approximate surface area is 176 Å². The van der Waals surface area contributed by atoms with Gasteiger partial charge < -0.3 is 9.64 Å². The largest absolute Gasteiger partial charge is 0.446 e. The molecule has 1 aliphatic heterocycles. The highest BCUT2D eigenvalue weighted by atomic mass is 79.9. The average Bonchev–Trinajstić information content (AvgIpc) is 3.04. The molecule has 1 aromatic carbocycles. The minimum absolute atomic E-state index is 0.0299. The van der Waals surface area contributed by atoms with Crippen LogP contribution in [-0.2, 0) is 16.6 Å². The summed E-state index contributed by atoms with van der Waals surface area (Å²) in [5.41, 5.74) is 3.28. The lowest BCUT2D eigenvalue weighted by molar-refractivity contribution is -0.103. The highest BCUT2D eigenvalue weighted by molar-refractivity contribution is 9.10. The van der Waals surface area contributed by atoms with E-state index in [1.54, 1.807) is 0 Å². The van der Waals surface area contributed by atoms with Gasteiger partial charge in [-0.2, -0.15) is 0 Å². The van der Waals surface area contributed by atoms with E-state index in [0.717, 1.165) is 37.8 Å². The number of hydrogen-bond acceptors (Lipinski definition) is 2. The predicted molar refractivity (Wildman–Crippen MR) is 112 cm³/mol. The first-order valence-corrected chi connectivity index (χ1v) is 12.1. The fourth-order valence-corrected chi connectivity index (χ4v) is 8.57. The van der Waals surface area contributed by atoms with E-state index in [1.165, 1.54) is 60.5 Å². The van der Waals surface area contributed by atoms with Crippen molar-refractivity contribution >= 4 is 22.0 Å². The van der Waals surface area contributed by atoms with Crippen molar-refractivity contribution in [2.24, 2.45) is 23.7 Å². The number of aryl methyl sites for hydroxylation is 1. The van der Waals surface area contributed by atoms with Crippen LogP contribution in [0.4, 0.5) is 4.79 Å². The molecule has 6 aliphatic rings. The van der Waals surface area contributed by atoms with Crippen LogP contribution >= 0.6 is 15.9 Å². The standard InChI is InChI=1S/C24H30BrNO2/c25-20-3-1-2-17-4-5-24(21(17)20)6-8-26(9-7-24)23(27)28-22-18-11-15-10-16(13-18)14-19(22)12-15/h1-3,15-16,18-19,22H,4-14H2. The maximum Gasteiger partial charge on any atom is 0.410 e. The molecule has 0 atom stereocenters. The Balaban J connectivity index is 1.12. The number of halogens is 1. The van der Waals surface area contributed by atoms with E-state index in [9.17, 15) is 4.79 Å². The van der Waals surface area contributed by atoms with Crippen molar-refractivity contribution in [2.45, 2.75) is 69.3 Å². The van der Waals surface area contributed by atoms with Gasteiger partial charge in [0.2, 0.25) is 0 Å². The van der Waals surface area contributed by atoms with Crippen molar-refractivity contribution in [3.63, 3.8) is 0 Å². The number of benzene rings is 1. The van der Waals surface area contributed by atoms with Crippen molar-refractivity contribution in [1.82, 2.24) is 4.90 Å². The van der Waals surface area contributed by atoms with Gasteiger partial charge in [0.15, 0.2) is 0 Å². The lowest BCUT2D eigenvalue weighted by Gasteiger charge is -2.53. The molecule has 4 saturated carbocycles. The molecule has 1 amide bonds. The highest BCUT2D eigenvalue weighted by Crippen LogP contribution is 2.55. The van der Waals surface area contributed by atoms with Gasteiger partial charge in [0.25, 0.3) is 0 Å². The molecule has 150 valence electrons. The van der Waals surface area contributed by atoms with Crippen LogP contribution in [0, 0.1) is 23.7 Å². The average molecular weight is 444 g/mol. The molecule has 0 unspecified atom stereocenters. The number of likely N-dealkylation sites (tertiary alicyclic amines) is 1. The molecule has 1 heterocycles. The number of fused-ring (bicyclic) bond motifs is 2. The van der Waals surface area contributed by atoms with Gasteiger partial charge in [-0.3, -0.25) is 0 Å². The molecule has 0 N–H and O–H groups in total. The van der Waals surface area contributed by atoms with Gasteiger partial charge in [0, 0.05) is 23.0 Å².